The van der Waals surface area contributed by atoms with Crippen molar-refractivity contribution in [2.45, 2.75) is 50.8 Å². The van der Waals surface area contributed by atoms with Gasteiger partial charge in [0.25, 0.3) is 5.91 Å². The molecule has 4 rings (SSSR count). The highest BCUT2D eigenvalue weighted by molar-refractivity contribution is 6.06. The molecule has 3 heterocycles. The number of carbonyl (C=O) groups excluding carboxylic acids is 4. The van der Waals surface area contributed by atoms with E-state index < -0.39 is 11.9 Å². The Bertz CT molecular complexity index is 1010. The number of hydrogen-bond donors (Lipinski definition) is 3. The molecule has 1 atom stereocenters. The molecule has 0 bridgehead atoms. The van der Waals surface area contributed by atoms with E-state index in [-0.39, 0.29) is 50.1 Å². The van der Waals surface area contributed by atoms with Crippen molar-refractivity contribution in [3.05, 3.63) is 29.3 Å². The average molecular weight is 547 g/mol. The number of amides is 4. The van der Waals surface area contributed by atoms with Crippen LogP contribution in [0.2, 0.25) is 0 Å². The van der Waals surface area contributed by atoms with E-state index in [1.165, 1.54) is 4.90 Å². The van der Waals surface area contributed by atoms with Gasteiger partial charge in [-0.3, -0.25) is 24.5 Å². The summed E-state index contributed by atoms with van der Waals surface area (Å²) in [6.45, 7) is 5.31. The van der Waals surface area contributed by atoms with Crippen LogP contribution in [-0.4, -0.2) is 100 Å². The lowest BCUT2D eigenvalue weighted by molar-refractivity contribution is -0.137. The van der Waals surface area contributed by atoms with Gasteiger partial charge in [-0.1, -0.05) is 6.07 Å². The predicted molar refractivity (Wildman–Crippen MR) is 140 cm³/mol. The molecule has 2 fully saturated rings. The molecule has 3 aliphatic heterocycles. The van der Waals surface area contributed by atoms with Gasteiger partial charge >= 0.3 is 0 Å². The largest absolute Gasteiger partial charge is 0.379 e. The molecule has 1 aromatic rings. The Kier molecular flexibility index (Phi) is 11.2. The van der Waals surface area contributed by atoms with Crippen LogP contribution in [0.1, 0.15) is 48.0 Å². The van der Waals surface area contributed by atoms with E-state index >= 15 is 0 Å². The highest BCUT2D eigenvalue weighted by atomic mass is 16.6. The summed E-state index contributed by atoms with van der Waals surface area (Å²) in [6, 6.07) is 4.40. The Labute approximate surface area is 228 Å². The summed E-state index contributed by atoms with van der Waals surface area (Å²) in [5.74, 6) is -1.32. The summed E-state index contributed by atoms with van der Waals surface area (Å²) in [5.41, 5.74) is 1.64. The summed E-state index contributed by atoms with van der Waals surface area (Å²) in [4.78, 5) is 50.6. The van der Waals surface area contributed by atoms with E-state index in [2.05, 4.69) is 16.0 Å². The molecule has 39 heavy (non-hydrogen) atoms. The minimum atomic E-state index is -0.702. The lowest BCUT2D eigenvalue weighted by Gasteiger charge is -2.29. The number of benzene rings is 1. The Balaban J connectivity index is 1.06. The number of imide groups is 1. The van der Waals surface area contributed by atoms with Crippen LogP contribution in [0.5, 0.6) is 0 Å². The van der Waals surface area contributed by atoms with Crippen LogP contribution in [0.4, 0.5) is 5.69 Å². The zero-order valence-electron chi connectivity index (χ0n) is 22.2. The van der Waals surface area contributed by atoms with Crippen LogP contribution in [0, 0.1) is 0 Å². The summed E-state index contributed by atoms with van der Waals surface area (Å²) in [6.07, 6.45) is 3.05. The third-order valence-electron chi connectivity index (χ3n) is 6.94. The maximum Gasteiger partial charge on any atom is 0.255 e. The third kappa shape index (κ3) is 8.54. The van der Waals surface area contributed by atoms with Crippen molar-refractivity contribution in [3.8, 4) is 0 Å². The molecule has 12 heteroatoms. The number of carbonyl (C=O) groups is 4. The number of hydrogen-bond acceptors (Lipinski definition) is 9. The first-order valence-electron chi connectivity index (χ1n) is 13.6. The van der Waals surface area contributed by atoms with Crippen LogP contribution in [0.3, 0.4) is 0 Å². The van der Waals surface area contributed by atoms with Gasteiger partial charge in [-0.05, 0) is 44.5 Å². The molecule has 0 aliphatic carbocycles. The molecule has 12 nitrogen and oxygen atoms in total. The molecule has 0 saturated carbocycles. The zero-order chi connectivity index (χ0) is 27.5. The van der Waals surface area contributed by atoms with Crippen LogP contribution in [0.25, 0.3) is 0 Å². The standard InChI is InChI=1S/C27H38N4O8/c32-24-5-4-23(26(34)30-24)31-18-21-20(27(31)35)2-1-3-22(21)29-25(33)8-11-36-12-13-37-14-15-38-16-17-39-19-6-9-28-10-7-19/h1-3,19,23,28H,4-18H2,(H,29,33)(H,30,32,34). The summed E-state index contributed by atoms with van der Waals surface area (Å²) >= 11 is 0. The van der Waals surface area contributed by atoms with Crippen molar-refractivity contribution in [1.29, 1.82) is 0 Å². The van der Waals surface area contributed by atoms with Gasteiger partial charge in [0.1, 0.15) is 6.04 Å². The van der Waals surface area contributed by atoms with Crippen molar-refractivity contribution >= 4 is 29.3 Å². The number of anilines is 1. The highest BCUT2D eigenvalue weighted by Crippen LogP contribution is 2.32. The van der Waals surface area contributed by atoms with Crippen LogP contribution in [-0.2, 0) is 39.9 Å². The van der Waals surface area contributed by atoms with E-state index in [9.17, 15) is 19.2 Å². The molecule has 0 spiro atoms. The molecular weight excluding hydrogens is 508 g/mol. The lowest BCUT2D eigenvalue weighted by Crippen LogP contribution is -2.52. The van der Waals surface area contributed by atoms with Crippen molar-refractivity contribution in [3.63, 3.8) is 0 Å². The van der Waals surface area contributed by atoms with E-state index in [4.69, 9.17) is 18.9 Å². The molecule has 3 aliphatic rings. The first-order valence-corrected chi connectivity index (χ1v) is 13.6. The number of nitrogens with zero attached hydrogens (tertiary/aromatic N) is 1. The number of ether oxygens (including phenoxy) is 4. The quantitative estimate of drug-likeness (QED) is 0.213. The fourth-order valence-corrected chi connectivity index (χ4v) is 4.86. The number of fused-ring (bicyclic) bond motifs is 1. The molecule has 214 valence electrons. The summed E-state index contributed by atoms with van der Waals surface area (Å²) in [5, 5.41) is 8.44. The number of piperidine rings is 2. The minimum absolute atomic E-state index is 0.147. The minimum Gasteiger partial charge on any atom is -0.379 e. The Morgan fingerprint density at radius 1 is 0.923 bits per heavy atom. The molecular formula is C27H38N4O8. The second-order valence-corrected chi connectivity index (χ2v) is 9.69. The van der Waals surface area contributed by atoms with Gasteiger partial charge in [-0.25, -0.2) is 0 Å². The van der Waals surface area contributed by atoms with E-state index in [1.54, 1.807) is 18.2 Å². The molecule has 4 amide bonds. The van der Waals surface area contributed by atoms with E-state index in [1.807, 2.05) is 0 Å². The second-order valence-electron chi connectivity index (χ2n) is 9.69. The molecule has 2 saturated heterocycles. The van der Waals surface area contributed by atoms with Gasteiger partial charge < -0.3 is 34.5 Å². The third-order valence-corrected chi connectivity index (χ3v) is 6.94. The Morgan fingerprint density at radius 2 is 1.62 bits per heavy atom. The van der Waals surface area contributed by atoms with Crippen molar-refractivity contribution in [2.24, 2.45) is 0 Å². The van der Waals surface area contributed by atoms with Crippen LogP contribution < -0.4 is 16.0 Å². The normalized spacial score (nSPS) is 19.7. The fourth-order valence-electron chi connectivity index (χ4n) is 4.86. The van der Waals surface area contributed by atoms with Gasteiger partial charge in [-0.2, -0.15) is 0 Å². The SMILES string of the molecule is O=C1CCC(N2Cc3c(NC(=O)CCOCCOCCOCCOC4CCNCC4)cccc3C2=O)C(=O)N1. The molecule has 1 aromatic carbocycles. The van der Waals surface area contributed by atoms with Gasteiger partial charge in [0.2, 0.25) is 17.7 Å². The highest BCUT2D eigenvalue weighted by Gasteiger charge is 2.39. The van der Waals surface area contributed by atoms with Gasteiger partial charge in [0.05, 0.1) is 58.8 Å². The van der Waals surface area contributed by atoms with Gasteiger partial charge in [0.15, 0.2) is 0 Å². The molecule has 0 aromatic heterocycles. The van der Waals surface area contributed by atoms with Crippen LogP contribution >= 0.6 is 0 Å². The maximum atomic E-state index is 12.9. The van der Waals surface area contributed by atoms with Gasteiger partial charge in [-0.15, -0.1) is 0 Å². The molecule has 3 N–H and O–H groups in total. The topological polar surface area (TPSA) is 145 Å². The van der Waals surface area contributed by atoms with Crippen molar-refractivity contribution in [2.75, 3.05) is 64.7 Å². The summed E-state index contributed by atoms with van der Waals surface area (Å²) < 4.78 is 22.3. The number of nitrogens with one attached hydrogen (secondary N) is 3. The maximum absolute atomic E-state index is 12.9. The zero-order valence-corrected chi connectivity index (χ0v) is 22.2. The van der Waals surface area contributed by atoms with Gasteiger partial charge in [0, 0.05) is 29.8 Å². The van der Waals surface area contributed by atoms with E-state index in [0.29, 0.717) is 62.6 Å². The Hall–Kier alpha value is -2.90. The summed E-state index contributed by atoms with van der Waals surface area (Å²) in [7, 11) is 0. The predicted octanol–water partition coefficient (Wildman–Crippen LogP) is 0.595. The van der Waals surface area contributed by atoms with Crippen molar-refractivity contribution in [1.82, 2.24) is 15.5 Å². The smallest absolute Gasteiger partial charge is 0.255 e. The van der Waals surface area contributed by atoms with Crippen molar-refractivity contribution < 1.29 is 38.1 Å². The average Bonchev–Trinajstić information content (AvgIpc) is 3.27. The first-order chi connectivity index (χ1) is 19.0. The molecule has 1 unspecified atom stereocenters. The number of rotatable bonds is 15. The molecule has 0 radical (unpaired) electrons. The fraction of sp³-hybridized carbons (Fsp3) is 0.630. The van der Waals surface area contributed by atoms with Crippen LogP contribution in [0.15, 0.2) is 18.2 Å². The second kappa shape index (κ2) is 15.0. The Morgan fingerprint density at radius 3 is 2.33 bits per heavy atom. The first kappa shape index (κ1) is 29.1. The monoisotopic (exact) mass is 546 g/mol. The van der Waals surface area contributed by atoms with E-state index in [0.717, 1.165) is 25.9 Å². The lowest BCUT2D eigenvalue weighted by atomic mass is 10.0.